The zero-order valence-electron chi connectivity index (χ0n) is 11.0. The van der Waals surface area contributed by atoms with E-state index in [2.05, 4.69) is 0 Å². The van der Waals surface area contributed by atoms with Crippen molar-refractivity contribution in [2.24, 2.45) is 0 Å². The first-order valence-corrected chi connectivity index (χ1v) is 5.68. The van der Waals surface area contributed by atoms with Gasteiger partial charge in [-0.15, -0.1) is 0 Å². The summed E-state index contributed by atoms with van der Waals surface area (Å²) in [6.45, 7) is 6.89. The van der Waals surface area contributed by atoms with Crippen molar-refractivity contribution in [3.63, 3.8) is 0 Å². The lowest BCUT2D eigenvalue weighted by atomic mass is 9.99. The molecule has 1 aromatic rings. The Labute approximate surface area is 106 Å². The fourth-order valence-electron chi connectivity index (χ4n) is 1.54. The molecule has 1 rings (SSSR count). The van der Waals surface area contributed by atoms with Crippen LogP contribution < -0.4 is 0 Å². The lowest BCUT2D eigenvalue weighted by Gasteiger charge is -2.22. The van der Waals surface area contributed by atoms with Gasteiger partial charge < -0.3 is 4.74 Å². The summed E-state index contributed by atoms with van der Waals surface area (Å²) in [7, 11) is 0. The Morgan fingerprint density at radius 3 is 2.39 bits per heavy atom. The van der Waals surface area contributed by atoms with E-state index in [1.165, 1.54) is 6.07 Å². The predicted molar refractivity (Wildman–Crippen MR) is 67.4 cm³/mol. The highest BCUT2D eigenvalue weighted by molar-refractivity contribution is 5.79. The number of esters is 1. The summed E-state index contributed by atoms with van der Waals surface area (Å²) in [5.74, 6) is -1.12. The topological polar surface area (TPSA) is 69.4 Å². The molecule has 0 spiro atoms. The zero-order chi connectivity index (χ0) is 13.9. The van der Waals surface area contributed by atoms with Gasteiger partial charge in [0, 0.05) is 11.6 Å². The van der Waals surface area contributed by atoms with Crippen LogP contribution in [-0.4, -0.2) is 16.5 Å². The van der Waals surface area contributed by atoms with Crippen LogP contribution in [0, 0.1) is 10.1 Å². The van der Waals surface area contributed by atoms with E-state index in [4.69, 9.17) is 4.74 Å². The number of rotatable bonds is 3. The van der Waals surface area contributed by atoms with Gasteiger partial charge in [0.05, 0.1) is 10.8 Å². The minimum Gasteiger partial charge on any atom is -0.460 e. The maximum Gasteiger partial charge on any atom is 0.313 e. The fourth-order valence-corrected chi connectivity index (χ4v) is 1.54. The fraction of sp³-hybridized carbons (Fsp3) is 0.462. The van der Waals surface area contributed by atoms with Crippen LogP contribution in [0.5, 0.6) is 0 Å². The van der Waals surface area contributed by atoms with Crippen molar-refractivity contribution in [3.8, 4) is 0 Å². The van der Waals surface area contributed by atoms with Crippen LogP contribution in [0.25, 0.3) is 0 Å². The highest BCUT2D eigenvalue weighted by atomic mass is 16.6. The summed E-state index contributed by atoms with van der Waals surface area (Å²) in [5, 5.41) is 10.9. The maximum atomic E-state index is 11.9. The molecule has 0 aliphatic carbocycles. The molecule has 0 bridgehead atoms. The molecule has 0 radical (unpaired) electrons. The van der Waals surface area contributed by atoms with Crippen LogP contribution >= 0.6 is 0 Å². The molecule has 18 heavy (non-hydrogen) atoms. The number of hydrogen-bond donors (Lipinski definition) is 0. The van der Waals surface area contributed by atoms with E-state index < -0.39 is 22.4 Å². The van der Waals surface area contributed by atoms with Gasteiger partial charge in [-0.1, -0.05) is 18.2 Å². The van der Waals surface area contributed by atoms with E-state index >= 15 is 0 Å². The van der Waals surface area contributed by atoms with Gasteiger partial charge in [0.25, 0.3) is 5.69 Å². The van der Waals surface area contributed by atoms with E-state index in [1.807, 2.05) is 0 Å². The molecule has 5 nitrogen and oxygen atoms in total. The number of carbonyl (C=O) groups excluding carboxylic acids is 1. The Kier molecular flexibility index (Phi) is 4.06. The first-order chi connectivity index (χ1) is 8.22. The molecular formula is C13H17NO4. The molecular weight excluding hydrogens is 234 g/mol. The Morgan fingerprint density at radius 1 is 1.33 bits per heavy atom. The smallest absolute Gasteiger partial charge is 0.313 e. The third-order valence-corrected chi connectivity index (χ3v) is 2.36. The summed E-state index contributed by atoms with van der Waals surface area (Å²) >= 11 is 0. The number of nitrogens with zero attached hydrogens (tertiary/aromatic N) is 1. The Morgan fingerprint density at radius 2 is 1.89 bits per heavy atom. The Hall–Kier alpha value is -1.91. The van der Waals surface area contributed by atoms with Crippen molar-refractivity contribution in [1.82, 2.24) is 0 Å². The second-order valence-corrected chi connectivity index (χ2v) is 5.07. The number of ether oxygens (including phenoxy) is 1. The van der Waals surface area contributed by atoms with Crippen molar-refractivity contribution >= 4 is 11.7 Å². The number of hydrogen-bond acceptors (Lipinski definition) is 4. The number of nitro benzene ring substituents is 1. The molecule has 0 aromatic heterocycles. The Balaban J connectivity index is 3.00. The molecule has 0 fully saturated rings. The summed E-state index contributed by atoms with van der Waals surface area (Å²) in [6, 6.07) is 6.20. The minimum absolute atomic E-state index is 0.0594. The normalized spacial score (nSPS) is 12.9. The molecule has 0 amide bonds. The predicted octanol–water partition coefficient (Wildman–Crippen LogP) is 3.04. The van der Waals surface area contributed by atoms with Gasteiger partial charge in [-0.2, -0.15) is 0 Å². The van der Waals surface area contributed by atoms with Gasteiger partial charge >= 0.3 is 5.97 Å². The molecule has 0 aliphatic rings. The molecule has 0 aliphatic heterocycles. The average molecular weight is 251 g/mol. The second kappa shape index (κ2) is 5.16. The highest BCUT2D eigenvalue weighted by Gasteiger charge is 2.27. The van der Waals surface area contributed by atoms with Gasteiger partial charge in [0.15, 0.2) is 0 Å². The molecule has 1 atom stereocenters. The van der Waals surface area contributed by atoms with E-state index in [0.29, 0.717) is 5.56 Å². The van der Waals surface area contributed by atoms with E-state index in [9.17, 15) is 14.9 Å². The van der Waals surface area contributed by atoms with Crippen LogP contribution in [0.4, 0.5) is 5.69 Å². The van der Waals surface area contributed by atoms with Crippen LogP contribution in [0.2, 0.25) is 0 Å². The summed E-state index contributed by atoms with van der Waals surface area (Å²) in [5.41, 5.74) is -0.290. The van der Waals surface area contributed by atoms with Crippen molar-refractivity contribution in [1.29, 1.82) is 0 Å². The number of para-hydroxylation sites is 1. The molecule has 98 valence electrons. The standard InChI is InChI=1S/C13H17NO4/c1-9(12(15)18-13(2,3)4)10-7-5-6-8-11(10)14(16)17/h5-9H,1-4H3/t9-/m1/s1. The lowest BCUT2D eigenvalue weighted by Crippen LogP contribution is -2.27. The largest absolute Gasteiger partial charge is 0.460 e. The van der Waals surface area contributed by atoms with Crippen LogP contribution in [0.3, 0.4) is 0 Å². The molecule has 0 saturated carbocycles. The SMILES string of the molecule is C[C@@H](C(=O)OC(C)(C)C)c1ccccc1[N+](=O)[O-]. The van der Waals surface area contributed by atoms with Crippen molar-refractivity contribution < 1.29 is 14.5 Å². The molecule has 0 heterocycles. The third-order valence-electron chi connectivity index (χ3n) is 2.36. The zero-order valence-corrected chi connectivity index (χ0v) is 11.0. The number of carbonyl (C=O) groups is 1. The number of nitro groups is 1. The van der Waals surface area contributed by atoms with Crippen LogP contribution in [0.1, 0.15) is 39.2 Å². The van der Waals surface area contributed by atoms with Crippen LogP contribution in [0.15, 0.2) is 24.3 Å². The van der Waals surface area contributed by atoms with Gasteiger partial charge in [0.1, 0.15) is 5.60 Å². The van der Waals surface area contributed by atoms with E-state index in [0.717, 1.165) is 0 Å². The molecule has 0 unspecified atom stereocenters. The van der Waals surface area contributed by atoms with Crippen molar-refractivity contribution in [3.05, 3.63) is 39.9 Å². The van der Waals surface area contributed by atoms with E-state index in [-0.39, 0.29) is 5.69 Å². The molecule has 0 N–H and O–H groups in total. The van der Waals surface area contributed by atoms with Gasteiger partial charge in [-0.05, 0) is 27.7 Å². The first-order valence-electron chi connectivity index (χ1n) is 5.68. The molecule has 1 aromatic carbocycles. The monoisotopic (exact) mass is 251 g/mol. The summed E-state index contributed by atoms with van der Waals surface area (Å²) < 4.78 is 5.23. The van der Waals surface area contributed by atoms with Gasteiger partial charge in [-0.3, -0.25) is 14.9 Å². The van der Waals surface area contributed by atoms with Crippen LogP contribution in [-0.2, 0) is 9.53 Å². The maximum absolute atomic E-state index is 11.9. The van der Waals surface area contributed by atoms with Crippen molar-refractivity contribution in [2.75, 3.05) is 0 Å². The van der Waals surface area contributed by atoms with Crippen molar-refractivity contribution in [2.45, 2.75) is 39.2 Å². The average Bonchev–Trinajstić information content (AvgIpc) is 2.25. The summed E-state index contributed by atoms with van der Waals surface area (Å²) in [4.78, 5) is 22.3. The third kappa shape index (κ3) is 3.55. The van der Waals surface area contributed by atoms with E-state index in [1.54, 1.807) is 45.9 Å². The highest BCUT2D eigenvalue weighted by Crippen LogP contribution is 2.28. The quantitative estimate of drug-likeness (QED) is 0.470. The summed E-state index contributed by atoms with van der Waals surface area (Å²) in [6.07, 6.45) is 0. The first kappa shape index (κ1) is 14.2. The molecule has 0 saturated heterocycles. The molecule has 5 heteroatoms. The van der Waals surface area contributed by atoms with Gasteiger partial charge in [0.2, 0.25) is 0 Å². The second-order valence-electron chi connectivity index (χ2n) is 5.07. The number of benzene rings is 1. The lowest BCUT2D eigenvalue weighted by molar-refractivity contribution is -0.385. The minimum atomic E-state index is -0.661. The van der Waals surface area contributed by atoms with Gasteiger partial charge in [-0.25, -0.2) is 0 Å². The Bertz CT molecular complexity index is 462.